The first-order valence-corrected chi connectivity index (χ1v) is 9.35. The zero-order chi connectivity index (χ0) is 22.8. The van der Waals surface area contributed by atoms with Crippen LogP contribution in [0.3, 0.4) is 0 Å². The van der Waals surface area contributed by atoms with Crippen molar-refractivity contribution in [3.63, 3.8) is 0 Å². The molecular formula is C26H14N4O2. The first kappa shape index (κ1) is 21.4. The van der Waals surface area contributed by atoms with Crippen molar-refractivity contribution in [1.82, 2.24) is 0 Å². The van der Waals surface area contributed by atoms with Gasteiger partial charge in [-0.15, -0.1) is 0 Å². The normalized spacial score (nSPS) is 9.12. The van der Waals surface area contributed by atoms with Crippen LogP contribution in [-0.2, 0) is 0 Å². The third kappa shape index (κ3) is 5.00. The SMILES string of the molecule is N#CC(C#N)=C(Oc1cccc(OC(=C(C#N)C#N)c2ccccc2)c1)c1ccccc1. The molecule has 0 fully saturated rings. The first-order chi connectivity index (χ1) is 15.7. The summed E-state index contributed by atoms with van der Waals surface area (Å²) in [7, 11) is 0. The maximum Gasteiger partial charge on any atom is 0.172 e. The minimum Gasteiger partial charge on any atom is -0.454 e. The number of nitriles is 4. The molecule has 150 valence electrons. The third-order valence-electron chi connectivity index (χ3n) is 4.22. The van der Waals surface area contributed by atoms with E-state index in [4.69, 9.17) is 9.47 Å². The Kier molecular flexibility index (Phi) is 7.00. The van der Waals surface area contributed by atoms with Gasteiger partial charge in [-0.3, -0.25) is 0 Å². The van der Waals surface area contributed by atoms with Gasteiger partial charge in [0.15, 0.2) is 22.7 Å². The average Bonchev–Trinajstić information content (AvgIpc) is 2.85. The topological polar surface area (TPSA) is 114 Å². The van der Waals surface area contributed by atoms with Crippen LogP contribution in [0.4, 0.5) is 0 Å². The third-order valence-corrected chi connectivity index (χ3v) is 4.22. The summed E-state index contributed by atoms with van der Waals surface area (Å²) >= 11 is 0. The quantitative estimate of drug-likeness (QED) is 0.396. The van der Waals surface area contributed by atoms with E-state index < -0.39 is 0 Å². The number of hydrogen-bond donors (Lipinski definition) is 0. The van der Waals surface area contributed by atoms with E-state index in [9.17, 15) is 21.0 Å². The molecule has 6 heteroatoms. The van der Waals surface area contributed by atoms with Crippen molar-refractivity contribution < 1.29 is 9.47 Å². The largest absolute Gasteiger partial charge is 0.454 e. The molecule has 3 aromatic carbocycles. The van der Waals surface area contributed by atoms with E-state index in [1.807, 2.05) is 36.4 Å². The monoisotopic (exact) mass is 414 g/mol. The lowest BCUT2D eigenvalue weighted by Crippen LogP contribution is -2.01. The molecule has 0 saturated heterocycles. The Morgan fingerprint density at radius 2 is 0.875 bits per heavy atom. The molecule has 0 N–H and O–H groups in total. The van der Waals surface area contributed by atoms with E-state index in [0.717, 1.165) is 0 Å². The number of hydrogen-bond acceptors (Lipinski definition) is 6. The van der Waals surface area contributed by atoms with Gasteiger partial charge >= 0.3 is 0 Å². The summed E-state index contributed by atoms with van der Waals surface area (Å²) in [5.74, 6) is 0.849. The predicted octanol–water partition coefficient (Wildman–Crippen LogP) is 5.36. The van der Waals surface area contributed by atoms with Gasteiger partial charge in [-0.05, 0) is 12.1 Å². The van der Waals surface area contributed by atoms with Gasteiger partial charge in [0.1, 0.15) is 35.8 Å². The molecule has 6 nitrogen and oxygen atoms in total. The van der Waals surface area contributed by atoms with Crippen LogP contribution in [0.5, 0.6) is 11.5 Å². The highest BCUT2D eigenvalue weighted by molar-refractivity contribution is 5.73. The lowest BCUT2D eigenvalue weighted by atomic mass is 10.1. The molecule has 0 unspecified atom stereocenters. The van der Waals surface area contributed by atoms with Crippen molar-refractivity contribution in [3.05, 3.63) is 107 Å². The molecule has 0 heterocycles. The van der Waals surface area contributed by atoms with E-state index in [1.165, 1.54) is 0 Å². The van der Waals surface area contributed by atoms with Crippen molar-refractivity contribution in [2.75, 3.05) is 0 Å². The van der Waals surface area contributed by atoms with Gasteiger partial charge in [0.25, 0.3) is 0 Å². The van der Waals surface area contributed by atoms with Crippen molar-refractivity contribution in [2.45, 2.75) is 0 Å². The fourth-order valence-corrected chi connectivity index (χ4v) is 2.78. The molecule has 0 bridgehead atoms. The minimum absolute atomic E-state index is 0.112. The summed E-state index contributed by atoms with van der Waals surface area (Å²) < 4.78 is 11.8. The van der Waals surface area contributed by atoms with Crippen LogP contribution in [0.25, 0.3) is 11.5 Å². The van der Waals surface area contributed by atoms with Gasteiger partial charge in [0.05, 0.1) is 0 Å². The molecule has 3 rings (SSSR count). The Hall–Kier alpha value is -5.30. The zero-order valence-electron chi connectivity index (χ0n) is 16.7. The van der Waals surface area contributed by atoms with E-state index in [2.05, 4.69) is 0 Å². The van der Waals surface area contributed by atoms with E-state index in [0.29, 0.717) is 22.6 Å². The van der Waals surface area contributed by atoms with Crippen molar-refractivity contribution >= 4 is 11.5 Å². The summed E-state index contributed by atoms with van der Waals surface area (Å²) in [5, 5.41) is 37.4. The lowest BCUT2D eigenvalue weighted by molar-refractivity contribution is 0.490. The van der Waals surface area contributed by atoms with Crippen LogP contribution in [0, 0.1) is 45.3 Å². The maximum absolute atomic E-state index is 9.35. The van der Waals surface area contributed by atoms with Gasteiger partial charge in [-0.25, -0.2) is 0 Å². The van der Waals surface area contributed by atoms with Crippen LogP contribution < -0.4 is 9.47 Å². The van der Waals surface area contributed by atoms with Gasteiger partial charge in [-0.1, -0.05) is 66.7 Å². The summed E-state index contributed by atoms with van der Waals surface area (Å²) in [6, 6.07) is 31.5. The fraction of sp³-hybridized carbons (Fsp3) is 0. The van der Waals surface area contributed by atoms with Gasteiger partial charge < -0.3 is 9.47 Å². The highest BCUT2D eigenvalue weighted by atomic mass is 16.5. The Labute approximate surface area is 185 Å². The second-order valence-electron chi connectivity index (χ2n) is 6.27. The molecule has 0 aliphatic carbocycles. The molecule has 0 saturated carbocycles. The van der Waals surface area contributed by atoms with Crippen molar-refractivity contribution in [3.8, 4) is 35.8 Å². The lowest BCUT2D eigenvalue weighted by Gasteiger charge is -2.14. The molecular weight excluding hydrogens is 400 g/mol. The smallest absolute Gasteiger partial charge is 0.172 e. The van der Waals surface area contributed by atoms with E-state index in [-0.39, 0.29) is 22.7 Å². The Morgan fingerprint density at radius 3 is 1.22 bits per heavy atom. The molecule has 0 aromatic heterocycles. The molecule has 0 aliphatic heterocycles. The van der Waals surface area contributed by atoms with E-state index in [1.54, 1.807) is 72.8 Å². The highest BCUT2D eigenvalue weighted by Gasteiger charge is 2.15. The standard InChI is InChI=1S/C26H14N4O2/c27-15-21(16-28)25(19-8-3-1-4-9-19)31-23-12-7-13-24(14-23)32-26(22(17-29)18-30)20-10-5-2-6-11-20/h1-14H. The molecule has 0 atom stereocenters. The summed E-state index contributed by atoms with van der Waals surface area (Å²) in [4.78, 5) is 0. The van der Waals surface area contributed by atoms with Crippen LogP contribution in [0.15, 0.2) is 96.1 Å². The van der Waals surface area contributed by atoms with Gasteiger partial charge in [-0.2, -0.15) is 21.0 Å². The summed E-state index contributed by atoms with van der Waals surface area (Å²) in [5.41, 5.74) is 0.781. The van der Waals surface area contributed by atoms with Gasteiger partial charge in [0.2, 0.25) is 0 Å². The minimum atomic E-state index is -0.177. The number of ether oxygens (including phenoxy) is 2. The molecule has 0 amide bonds. The fourth-order valence-electron chi connectivity index (χ4n) is 2.78. The first-order valence-electron chi connectivity index (χ1n) is 9.35. The molecule has 0 spiro atoms. The highest BCUT2D eigenvalue weighted by Crippen LogP contribution is 2.30. The summed E-state index contributed by atoms with van der Waals surface area (Å²) in [6.07, 6.45) is 0. The van der Waals surface area contributed by atoms with E-state index >= 15 is 0 Å². The molecule has 32 heavy (non-hydrogen) atoms. The van der Waals surface area contributed by atoms with Gasteiger partial charge in [0, 0.05) is 17.2 Å². The second-order valence-corrected chi connectivity index (χ2v) is 6.27. The predicted molar refractivity (Wildman–Crippen MR) is 117 cm³/mol. The second kappa shape index (κ2) is 10.5. The molecule has 0 radical (unpaired) electrons. The zero-order valence-corrected chi connectivity index (χ0v) is 16.7. The molecule has 3 aromatic rings. The maximum atomic E-state index is 9.35. The number of nitrogens with zero attached hydrogens (tertiary/aromatic N) is 4. The van der Waals surface area contributed by atoms with Crippen molar-refractivity contribution in [1.29, 1.82) is 21.0 Å². The van der Waals surface area contributed by atoms with Crippen LogP contribution in [0.2, 0.25) is 0 Å². The molecule has 0 aliphatic rings. The summed E-state index contributed by atoms with van der Waals surface area (Å²) in [6.45, 7) is 0. The number of allylic oxidation sites excluding steroid dienone is 2. The number of rotatable bonds is 6. The van der Waals surface area contributed by atoms with Crippen LogP contribution >= 0.6 is 0 Å². The Morgan fingerprint density at radius 1 is 0.500 bits per heavy atom. The van der Waals surface area contributed by atoms with Crippen molar-refractivity contribution in [2.24, 2.45) is 0 Å². The van der Waals surface area contributed by atoms with Crippen LogP contribution in [-0.4, -0.2) is 0 Å². The average molecular weight is 414 g/mol. The van der Waals surface area contributed by atoms with Crippen LogP contribution in [0.1, 0.15) is 11.1 Å². The Balaban J connectivity index is 2.00. The Bertz CT molecular complexity index is 1210. The number of benzene rings is 3.